The van der Waals surface area contributed by atoms with Gasteiger partial charge in [0.25, 0.3) is 0 Å². The van der Waals surface area contributed by atoms with E-state index < -0.39 is 11.8 Å². The van der Waals surface area contributed by atoms with Crippen LogP contribution in [-0.4, -0.2) is 24.9 Å². The average Bonchev–Trinajstić information content (AvgIpc) is 1.98. The molecule has 0 bridgehead atoms. The third kappa shape index (κ3) is 16.4. The number of hydrogen-bond donors (Lipinski definition) is 1. The lowest BCUT2D eigenvalue weighted by Gasteiger charge is -2.11. The monoisotopic (exact) mass is 265 g/mol. The van der Waals surface area contributed by atoms with E-state index in [9.17, 15) is 17.6 Å². The molecular weight excluding hydrogens is 246 g/mol. The van der Waals surface area contributed by atoms with Crippen LogP contribution in [0.25, 0.3) is 0 Å². The Hall–Kier alpha value is -0.0300. The molecule has 6 heteroatoms. The minimum Gasteiger partial charge on any atom is -0.317 e. The number of halogens is 5. The van der Waals surface area contributed by atoms with Crippen molar-refractivity contribution in [3.63, 3.8) is 0 Å². The molecule has 0 saturated heterocycles. The van der Waals surface area contributed by atoms with E-state index in [1.807, 2.05) is 0 Å². The first-order chi connectivity index (χ1) is 6.71. The highest BCUT2D eigenvalue weighted by atomic mass is 35.5. The molecule has 0 rings (SSSR count). The molecule has 0 aliphatic carbocycles. The van der Waals surface area contributed by atoms with Crippen LogP contribution in [0.2, 0.25) is 0 Å². The van der Waals surface area contributed by atoms with Crippen molar-refractivity contribution in [2.24, 2.45) is 0 Å². The van der Waals surface area contributed by atoms with E-state index in [-0.39, 0.29) is 25.2 Å². The summed E-state index contributed by atoms with van der Waals surface area (Å²) in [5.41, 5.74) is 0. The van der Waals surface area contributed by atoms with Crippen LogP contribution in [0.3, 0.4) is 0 Å². The van der Waals surface area contributed by atoms with Crippen LogP contribution < -0.4 is 5.32 Å². The second-order valence-corrected chi connectivity index (χ2v) is 4.10. The quantitative estimate of drug-likeness (QED) is 0.519. The Kier molecular flexibility index (Phi) is 9.30. The van der Waals surface area contributed by atoms with Crippen molar-refractivity contribution >= 4 is 12.4 Å². The molecule has 1 nitrogen and oxygen atoms in total. The fourth-order valence-corrected chi connectivity index (χ4v) is 1.17. The van der Waals surface area contributed by atoms with Gasteiger partial charge in [-0.1, -0.05) is 0 Å². The predicted octanol–water partition coefficient (Wildman–Crippen LogP) is 3.87. The standard InChI is InChI=1S/C10H19F4N.ClH/c1-9(11,12)5-3-7-15-8-4-6-10(2,13)14;/h15H,3-8H2,1-2H3;1H. The zero-order valence-electron chi connectivity index (χ0n) is 9.66. The number of rotatable bonds is 8. The molecule has 0 aromatic carbocycles. The Bertz CT molecular complexity index is 147. The SMILES string of the molecule is CC(F)(F)CCCNCCCC(C)(F)F.Cl. The first-order valence-electron chi connectivity index (χ1n) is 5.17. The molecule has 0 aromatic heterocycles. The van der Waals surface area contributed by atoms with Crippen molar-refractivity contribution in [2.45, 2.75) is 51.4 Å². The highest BCUT2D eigenvalue weighted by Gasteiger charge is 2.20. The highest BCUT2D eigenvalue weighted by Crippen LogP contribution is 2.19. The van der Waals surface area contributed by atoms with Crippen molar-refractivity contribution < 1.29 is 17.6 Å². The zero-order chi connectivity index (χ0) is 11.9. The molecule has 0 fully saturated rings. The molecule has 0 aliphatic rings. The highest BCUT2D eigenvalue weighted by molar-refractivity contribution is 5.85. The van der Waals surface area contributed by atoms with Crippen LogP contribution in [0.5, 0.6) is 0 Å². The Labute approximate surface area is 100 Å². The molecule has 0 saturated carbocycles. The average molecular weight is 266 g/mol. The van der Waals surface area contributed by atoms with Crippen molar-refractivity contribution in [1.29, 1.82) is 0 Å². The van der Waals surface area contributed by atoms with Gasteiger partial charge in [-0.15, -0.1) is 12.4 Å². The maximum absolute atomic E-state index is 12.3. The first kappa shape index (κ1) is 18.3. The van der Waals surface area contributed by atoms with Crippen LogP contribution in [-0.2, 0) is 0 Å². The van der Waals surface area contributed by atoms with Gasteiger partial charge in [0, 0.05) is 12.8 Å². The maximum Gasteiger partial charge on any atom is 0.245 e. The minimum atomic E-state index is -2.63. The van der Waals surface area contributed by atoms with Crippen LogP contribution in [0.4, 0.5) is 17.6 Å². The summed E-state index contributed by atoms with van der Waals surface area (Å²) < 4.78 is 49.3. The van der Waals surface area contributed by atoms with E-state index in [2.05, 4.69) is 5.32 Å². The Balaban J connectivity index is 0. The van der Waals surface area contributed by atoms with E-state index in [4.69, 9.17) is 0 Å². The van der Waals surface area contributed by atoms with E-state index in [1.54, 1.807) is 0 Å². The van der Waals surface area contributed by atoms with Gasteiger partial charge in [0.2, 0.25) is 11.8 Å². The Morgan fingerprint density at radius 1 is 0.812 bits per heavy atom. The summed E-state index contributed by atoms with van der Waals surface area (Å²) in [5, 5.41) is 2.86. The Morgan fingerprint density at radius 3 is 1.38 bits per heavy atom. The lowest BCUT2D eigenvalue weighted by molar-refractivity contribution is 0.0101. The van der Waals surface area contributed by atoms with E-state index in [0.717, 1.165) is 13.8 Å². The van der Waals surface area contributed by atoms with Crippen LogP contribution in [0.15, 0.2) is 0 Å². The fraction of sp³-hybridized carbons (Fsp3) is 1.00. The Morgan fingerprint density at radius 2 is 1.12 bits per heavy atom. The van der Waals surface area contributed by atoms with Gasteiger partial charge in [-0.2, -0.15) is 0 Å². The van der Waals surface area contributed by atoms with Gasteiger partial charge in [0.1, 0.15) is 0 Å². The summed E-state index contributed by atoms with van der Waals surface area (Å²) in [5.74, 6) is -5.25. The number of alkyl halides is 4. The molecule has 1 N–H and O–H groups in total. The third-order valence-corrected chi connectivity index (χ3v) is 1.94. The summed E-state index contributed by atoms with van der Waals surface area (Å²) in [6.07, 6.45) is 0.409. The molecule has 16 heavy (non-hydrogen) atoms. The fourth-order valence-electron chi connectivity index (χ4n) is 1.17. The largest absolute Gasteiger partial charge is 0.317 e. The van der Waals surface area contributed by atoms with Crippen molar-refractivity contribution in [1.82, 2.24) is 5.32 Å². The molecule has 0 heterocycles. The zero-order valence-corrected chi connectivity index (χ0v) is 10.5. The summed E-state index contributed by atoms with van der Waals surface area (Å²) in [6, 6.07) is 0. The van der Waals surface area contributed by atoms with Crippen molar-refractivity contribution in [2.75, 3.05) is 13.1 Å². The smallest absolute Gasteiger partial charge is 0.245 e. The van der Waals surface area contributed by atoms with Gasteiger partial charge in [-0.05, 0) is 39.8 Å². The van der Waals surface area contributed by atoms with Gasteiger partial charge >= 0.3 is 0 Å². The maximum atomic E-state index is 12.3. The van der Waals surface area contributed by atoms with E-state index in [0.29, 0.717) is 25.9 Å². The lowest BCUT2D eigenvalue weighted by Crippen LogP contribution is -2.21. The molecule has 0 radical (unpaired) electrons. The molecule has 0 aromatic rings. The van der Waals surface area contributed by atoms with Crippen LogP contribution in [0, 0.1) is 0 Å². The number of nitrogens with one attached hydrogen (secondary N) is 1. The summed E-state index contributed by atoms with van der Waals surface area (Å²) >= 11 is 0. The van der Waals surface area contributed by atoms with Gasteiger partial charge in [0.05, 0.1) is 0 Å². The topological polar surface area (TPSA) is 12.0 Å². The second-order valence-electron chi connectivity index (χ2n) is 4.10. The molecule has 0 spiro atoms. The van der Waals surface area contributed by atoms with Gasteiger partial charge in [-0.25, -0.2) is 17.6 Å². The van der Waals surface area contributed by atoms with Gasteiger partial charge in [0.15, 0.2) is 0 Å². The summed E-state index contributed by atoms with van der Waals surface area (Å²) in [7, 11) is 0. The lowest BCUT2D eigenvalue weighted by atomic mass is 10.2. The van der Waals surface area contributed by atoms with Gasteiger partial charge < -0.3 is 5.32 Å². The third-order valence-electron chi connectivity index (χ3n) is 1.94. The van der Waals surface area contributed by atoms with Crippen molar-refractivity contribution in [3.8, 4) is 0 Å². The van der Waals surface area contributed by atoms with E-state index in [1.165, 1.54) is 0 Å². The molecule has 0 aliphatic heterocycles. The first-order valence-corrected chi connectivity index (χ1v) is 5.17. The van der Waals surface area contributed by atoms with Crippen molar-refractivity contribution in [3.05, 3.63) is 0 Å². The molecular formula is C10H20ClF4N. The minimum absolute atomic E-state index is 0. The van der Waals surface area contributed by atoms with Gasteiger partial charge in [-0.3, -0.25) is 0 Å². The second kappa shape index (κ2) is 8.12. The predicted molar refractivity (Wildman–Crippen MR) is 59.8 cm³/mol. The molecule has 100 valence electrons. The molecule has 0 amide bonds. The molecule has 0 atom stereocenters. The number of hydrogen-bond acceptors (Lipinski definition) is 1. The summed E-state index contributed by atoms with van der Waals surface area (Å²) in [6.45, 7) is 2.67. The van der Waals surface area contributed by atoms with Crippen LogP contribution >= 0.6 is 12.4 Å². The summed E-state index contributed by atoms with van der Waals surface area (Å²) in [4.78, 5) is 0. The molecule has 0 unspecified atom stereocenters. The van der Waals surface area contributed by atoms with E-state index >= 15 is 0 Å². The van der Waals surface area contributed by atoms with Crippen LogP contribution in [0.1, 0.15) is 39.5 Å². The normalized spacial score (nSPS) is 12.4.